The maximum atomic E-state index is 11.8. The molecule has 2 amide bonds. The lowest BCUT2D eigenvalue weighted by atomic mass is 10.1. The molecule has 6 heteroatoms. The Labute approximate surface area is 152 Å². The summed E-state index contributed by atoms with van der Waals surface area (Å²) in [6, 6.07) is 16.5. The van der Waals surface area contributed by atoms with Gasteiger partial charge in [-0.05, 0) is 29.8 Å². The lowest BCUT2D eigenvalue weighted by Crippen LogP contribution is -2.35. The molecule has 0 radical (unpaired) electrons. The zero-order chi connectivity index (χ0) is 17.9. The molecule has 0 aromatic heterocycles. The van der Waals surface area contributed by atoms with Gasteiger partial charge in [-0.1, -0.05) is 41.9 Å². The van der Waals surface area contributed by atoms with Crippen molar-refractivity contribution in [2.75, 3.05) is 19.7 Å². The van der Waals surface area contributed by atoms with Crippen LogP contribution in [0.2, 0.25) is 5.02 Å². The molecule has 2 aromatic rings. The fraction of sp³-hybridized carbons (Fsp3) is 0.263. The molecule has 2 N–H and O–H groups in total. The van der Waals surface area contributed by atoms with E-state index in [1.165, 1.54) is 0 Å². The van der Waals surface area contributed by atoms with Crippen LogP contribution in [0.15, 0.2) is 54.6 Å². The van der Waals surface area contributed by atoms with Gasteiger partial charge in [-0.15, -0.1) is 0 Å². The molecule has 0 atom stereocenters. The fourth-order valence-electron chi connectivity index (χ4n) is 2.13. The van der Waals surface area contributed by atoms with Crippen LogP contribution in [0.5, 0.6) is 5.75 Å². The Balaban J connectivity index is 1.53. The average molecular weight is 361 g/mol. The number of ether oxygens (including phenoxy) is 1. The Hall–Kier alpha value is -2.53. The summed E-state index contributed by atoms with van der Waals surface area (Å²) in [7, 11) is 0. The van der Waals surface area contributed by atoms with Crippen LogP contribution < -0.4 is 15.4 Å². The minimum Gasteiger partial charge on any atom is -0.493 e. The van der Waals surface area contributed by atoms with Crippen molar-refractivity contribution in [1.29, 1.82) is 0 Å². The first-order chi connectivity index (χ1) is 12.1. The Bertz CT molecular complexity index is 675. The number of benzene rings is 2. The molecule has 0 aliphatic carbocycles. The Morgan fingerprint density at radius 1 is 0.880 bits per heavy atom. The predicted molar refractivity (Wildman–Crippen MR) is 97.7 cm³/mol. The van der Waals surface area contributed by atoms with Crippen LogP contribution in [0.3, 0.4) is 0 Å². The largest absolute Gasteiger partial charge is 0.493 e. The summed E-state index contributed by atoms with van der Waals surface area (Å²) in [5, 5.41) is 6.16. The molecule has 0 aliphatic heterocycles. The topological polar surface area (TPSA) is 67.4 Å². The molecule has 25 heavy (non-hydrogen) atoms. The van der Waals surface area contributed by atoms with Gasteiger partial charge in [-0.25, -0.2) is 0 Å². The van der Waals surface area contributed by atoms with E-state index in [0.29, 0.717) is 30.3 Å². The third kappa shape index (κ3) is 7.72. The van der Waals surface area contributed by atoms with Crippen LogP contribution >= 0.6 is 11.6 Å². The minimum absolute atomic E-state index is 0.0634. The van der Waals surface area contributed by atoms with Gasteiger partial charge in [0, 0.05) is 18.1 Å². The van der Waals surface area contributed by atoms with Crippen LogP contribution in [-0.2, 0) is 16.0 Å². The number of halogens is 1. The van der Waals surface area contributed by atoms with Gasteiger partial charge >= 0.3 is 0 Å². The molecule has 0 saturated heterocycles. The monoisotopic (exact) mass is 360 g/mol. The molecule has 0 unspecified atom stereocenters. The van der Waals surface area contributed by atoms with E-state index in [4.69, 9.17) is 16.3 Å². The van der Waals surface area contributed by atoms with E-state index in [9.17, 15) is 9.59 Å². The molecule has 0 spiro atoms. The lowest BCUT2D eigenvalue weighted by Gasteiger charge is -2.08. The summed E-state index contributed by atoms with van der Waals surface area (Å²) in [6.45, 7) is 1.07. The van der Waals surface area contributed by atoms with Crippen LogP contribution in [0.25, 0.3) is 0 Å². The first kappa shape index (κ1) is 18.8. The normalized spacial score (nSPS) is 10.1. The molecule has 132 valence electrons. The van der Waals surface area contributed by atoms with E-state index in [1.54, 1.807) is 24.3 Å². The second-order valence-electron chi connectivity index (χ2n) is 5.41. The van der Waals surface area contributed by atoms with Crippen molar-refractivity contribution in [3.05, 3.63) is 65.2 Å². The van der Waals surface area contributed by atoms with Crippen LogP contribution in [0.1, 0.15) is 12.0 Å². The fourth-order valence-corrected chi connectivity index (χ4v) is 2.25. The van der Waals surface area contributed by atoms with Gasteiger partial charge in [0.15, 0.2) is 0 Å². The van der Waals surface area contributed by atoms with E-state index in [0.717, 1.165) is 5.56 Å². The van der Waals surface area contributed by atoms with Crippen molar-refractivity contribution in [3.8, 4) is 5.75 Å². The zero-order valence-corrected chi connectivity index (χ0v) is 14.6. The Morgan fingerprint density at radius 2 is 1.52 bits per heavy atom. The van der Waals surface area contributed by atoms with E-state index < -0.39 is 0 Å². The van der Waals surface area contributed by atoms with Gasteiger partial charge in [-0.2, -0.15) is 0 Å². The molecular formula is C19H21ClN2O3. The average Bonchev–Trinajstić information content (AvgIpc) is 2.61. The molecule has 0 fully saturated rings. The molecule has 5 nitrogen and oxygen atoms in total. The smallest absolute Gasteiger partial charge is 0.224 e. The van der Waals surface area contributed by atoms with Gasteiger partial charge in [-0.3, -0.25) is 9.59 Å². The number of amides is 2. The molecule has 0 aliphatic rings. The first-order valence-corrected chi connectivity index (χ1v) is 8.47. The number of carbonyl (C=O) groups is 2. The third-order valence-corrected chi connectivity index (χ3v) is 3.64. The number of nitrogens with one attached hydrogen (secondary N) is 2. The quantitative estimate of drug-likeness (QED) is 0.675. The number of carbonyl (C=O) groups excluding carboxylic acids is 2. The zero-order valence-electron chi connectivity index (χ0n) is 13.8. The maximum absolute atomic E-state index is 11.8. The number of rotatable bonds is 9. The van der Waals surface area contributed by atoms with Crippen LogP contribution in [0.4, 0.5) is 0 Å². The number of hydrogen-bond donors (Lipinski definition) is 2. The van der Waals surface area contributed by atoms with Crippen molar-refractivity contribution < 1.29 is 14.3 Å². The van der Waals surface area contributed by atoms with E-state index in [1.807, 2.05) is 30.3 Å². The highest BCUT2D eigenvalue weighted by Crippen LogP contribution is 2.15. The van der Waals surface area contributed by atoms with Gasteiger partial charge in [0.1, 0.15) is 5.75 Å². The highest BCUT2D eigenvalue weighted by molar-refractivity contribution is 6.30. The first-order valence-electron chi connectivity index (χ1n) is 8.09. The Morgan fingerprint density at radius 3 is 2.20 bits per heavy atom. The maximum Gasteiger partial charge on any atom is 0.224 e. The molecular weight excluding hydrogens is 340 g/mol. The van der Waals surface area contributed by atoms with Gasteiger partial charge in [0.2, 0.25) is 11.8 Å². The van der Waals surface area contributed by atoms with Gasteiger partial charge < -0.3 is 15.4 Å². The van der Waals surface area contributed by atoms with E-state index in [2.05, 4.69) is 10.6 Å². The highest BCUT2D eigenvalue weighted by Gasteiger charge is 2.04. The van der Waals surface area contributed by atoms with Crippen molar-refractivity contribution in [2.45, 2.75) is 12.8 Å². The number of hydrogen-bond acceptors (Lipinski definition) is 3. The van der Waals surface area contributed by atoms with Crippen molar-refractivity contribution in [3.63, 3.8) is 0 Å². The highest BCUT2D eigenvalue weighted by atomic mass is 35.5. The summed E-state index contributed by atoms with van der Waals surface area (Å²) < 4.78 is 5.45. The summed E-state index contributed by atoms with van der Waals surface area (Å²) in [5.74, 6) is 0.489. The standard InChI is InChI=1S/C19H21ClN2O3/c20-16-6-8-17(9-7-16)25-13-10-18(23)21-11-12-22-19(24)14-15-4-2-1-3-5-15/h1-9H,10-14H2,(H,21,23)(H,22,24). The summed E-state index contributed by atoms with van der Waals surface area (Å²) >= 11 is 5.79. The third-order valence-electron chi connectivity index (χ3n) is 3.39. The second-order valence-corrected chi connectivity index (χ2v) is 5.85. The molecule has 0 saturated carbocycles. The summed E-state index contributed by atoms with van der Waals surface area (Å²) in [5.41, 5.74) is 0.961. The van der Waals surface area contributed by atoms with Crippen molar-refractivity contribution in [2.24, 2.45) is 0 Å². The van der Waals surface area contributed by atoms with Crippen molar-refractivity contribution in [1.82, 2.24) is 10.6 Å². The second kappa shape index (κ2) is 10.4. The van der Waals surface area contributed by atoms with E-state index in [-0.39, 0.29) is 24.8 Å². The van der Waals surface area contributed by atoms with Gasteiger partial charge in [0.05, 0.1) is 19.4 Å². The lowest BCUT2D eigenvalue weighted by molar-refractivity contribution is -0.122. The molecule has 2 rings (SSSR count). The summed E-state index contributed by atoms with van der Waals surface area (Å²) in [4.78, 5) is 23.5. The SMILES string of the molecule is O=C(CCOc1ccc(Cl)cc1)NCCNC(=O)Cc1ccccc1. The van der Waals surface area contributed by atoms with E-state index >= 15 is 0 Å². The van der Waals surface area contributed by atoms with Crippen LogP contribution in [-0.4, -0.2) is 31.5 Å². The molecule has 0 heterocycles. The Kier molecular flexibility index (Phi) is 7.79. The van der Waals surface area contributed by atoms with Crippen LogP contribution in [0, 0.1) is 0 Å². The minimum atomic E-state index is -0.119. The molecule has 2 aromatic carbocycles. The predicted octanol–water partition coefficient (Wildman–Crippen LogP) is 2.58. The summed E-state index contributed by atoms with van der Waals surface area (Å²) in [6.07, 6.45) is 0.588. The van der Waals surface area contributed by atoms with Crippen molar-refractivity contribution >= 4 is 23.4 Å². The van der Waals surface area contributed by atoms with Gasteiger partial charge in [0.25, 0.3) is 0 Å². The molecule has 0 bridgehead atoms.